The maximum absolute atomic E-state index is 5.92. The van der Waals surface area contributed by atoms with Crippen LogP contribution in [0.15, 0.2) is 42.5 Å². The summed E-state index contributed by atoms with van der Waals surface area (Å²) in [4.78, 5) is 0. The number of rotatable bonds is 3. The third-order valence-corrected chi connectivity index (χ3v) is 2.86. The second-order valence-electron chi connectivity index (χ2n) is 3.60. The maximum Gasteiger partial charge on any atom is 0.119 e. The summed E-state index contributed by atoms with van der Waals surface area (Å²) in [5.74, 6) is 0.766. The van der Waals surface area contributed by atoms with Crippen molar-refractivity contribution >= 4 is 28.9 Å². The predicted molar refractivity (Wildman–Crippen MR) is 71.6 cm³/mol. The summed E-state index contributed by atoms with van der Waals surface area (Å²) in [6.07, 6.45) is 0. The second-order valence-corrected chi connectivity index (χ2v) is 4.44. The van der Waals surface area contributed by atoms with Gasteiger partial charge in [0.25, 0.3) is 0 Å². The molecule has 88 valence electrons. The van der Waals surface area contributed by atoms with Gasteiger partial charge in [-0.15, -0.1) is 0 Å². The Labute approximate surface area is 110 Å². The zero-order chi connectivity index (χ0) is 12.3. The molecule has 2 nitrogen and oxygen atoms in total. The molecule has 0 saturated carbocycles. The fourth-order valence-corrected chi connectivity index (χ4v) is 1.69. The molecule has 0 bridgehead atoms. The minimum Gasteiger partial charge on any atom is -0.489 e. The summed E-state index contributed by atoms with van der Waals surface area (Å²) in [6, 6.07) is 12.7. The molecule has 0 aliphatic heterocycles. The summed E-state index contributed by atoms with van der Waals surface area (Å²) >= 11 is 11.7. The average Bonchev–Trinajstić information content (AvgIpc) is 2.33. The molecule has 2 aromatic carbocycles. The van der Waals surface area contributed by atoms with E-state index in [1.807, 2.05) is 18.2 Å². The minimum absolute atomic E-state index is 0.446. The summed E-state index contributed by atoms with van der Waals surface area (Å²) in [5.41, 5.74) is 7.17. The van der Waals surface area contributed by atoms with Crippen LogP contribution >= 0.6 is 23.2 Å². The second kappa shape index (κ2) is 5.30. The highest BCUT2D eigenvalue weighted by atomic mass is 35.5. The van der Waals surface area contributed by atoms with Gasteiger partial charge in [-0.05, 0) is 42.0 Å². The van der Waals surface area contributed by atoms with Crippen molar-refractivity contribution in [3.63, 3.8) is 0 Å². The normalized spacial score (nSPS) is 10.2. The zero-order valence-electron chi connectivity index (χ0n) is 8.99. The van der Waals surface area contributed by atoms with Gasteiger partial charge in [0.1, 0.15) is 12.4 Å². The third-order valence-electron chi connectivity index (χ3n) is 2.28. The van der Waals surface area contributed by atoms with E-state index in [0.717, 1.165) is 11.3 Å². The summed E-state index contributed by atoms with van der Waals surface area (Å²) in [6.45, 7) is 0.446. The van der Waals surface area contributed by atoms with Gasteiger partial charge in [-0.1, -0.05) is 29.3 Å². The Hall–Kier alpha value is -1.38. The standard InChI is InChI=1S/C13H11Cl2NO/c14-10-2-4-11(5-3-10)17-8-9-1-6-13(16)12(15)7-9/h1-7H,8,16H2. The Morgan fingerprint density at radius 2 is 1.71 bits per heavy atom. The van der Waals surface area contributed by atoms with Gasteiger partial charge in [0.2, 0.25) is 0 Å². The molecular formula is C13H11Cl2NO. The number of ether oxygens (including phenoxy) is 1. The molecule has 0 saturated heterocycles. The topological polar surface area (TPSA) is 35.2 Å². The first-order chi connectivity index (χ1) is 8.15. The molecule has 4 heteroatoms. The number of hydrogen-bond acceptors (Lipinski definition) is 2. The Bertz CT molecular complexity index is 511. The van der Waals surface area contributed by atoms with E-state index >= 15 is 0 Å². The van der Waals surface area contributed by atoms with Crippen molar-refractivity contribution in [3.05, 3.63) is 58.1 Å². The molecule has 0 spiro atoms. The van der Waals surface area contributed by atoms with Gasteiger partial charge < -0.3 is 10.5 Å². The van der Waals surface area contributed by atoms with Gasteiger partial charge in [0, 0.05) is 5.02 Å². The summed E-state index contributed by atoms with van der Waals surface area (Å²) < 4.78 is 5.58. The van der Waals surface area contributed by atoms with Crippen LogP contribution in [0.2, 0.25) is 10.0 Å². The minimum atomic E-state index is 0.446. The van der Waals surface area contributed by atoms with Gasteiger partial charge in [0.05, 0.1) is 10.7 Å². The highest BCUT2D eigenvalue weighted by Gasteiger charge is 2.00. The van der Waals surface area contributed by atoms with Crippen LogP contribution in [0.1, 0.15) is 5.56 Å². The van der Waals surface area contributed by atoms with Crippen molar-refractivity contribution < 1.29 is 4.74 Å². The Kier molecular flexibility index (Phi) is 3.77. The largest absolute Gasteiger partial charge is 0.489 e. The molecular weight excluding hydrogens is 257 g/mol. The molecule has 0 amide bonds. The van der Waals surface area contributed by atoms with E-state index in [9.17, 15) is 0 Å². The molecule has 2 aromatic rings. The number of nitrogen functional groups attached to an aromatic ring is 1. The molecule has 0 aliphatic carbocycles. The van der Waals surface area contributed by atoms with Crippen LogP contribution in [0, 0.1) is 0 Å². The van der Waals surface area contributed by atoms with E-state index in [1.54, 1.807) is 24.3 Å². The van der Waals surface area contributed by atoms with Crippen molar-refractivity contribution in [1.29, 1.82) is 0 Å². The van der Waals surface area contributed by atoms with E-state index in [1.165, 1.54) is 0 Å². The lowest BCUT2D eigenvalue weighted by molar-refractivity contribution is 0.306. The lowest BCUT2D eigenvalue weighted by atomic mass is 10.2. The van der Waals surface area contributed by atoms with Crippen molar-refractivity contribution in [2.24, 2.45) is 0 Å². The average molecular weight is 268 g/mol. The predicted octanol–water partition coefficient (Wildman–Crippen LogP) is 4.15. The van der Waals surface area contributed by atoms with Crippen LogP contribution in [0.3, 0.4) is 0 Å². The first kappa shape index (κ1) is 12.1. The molecule has 0 unspecified atom stereocenters. The lowest BCUT2D eigenvalue weighted by Gasteiger charge is -2.07. The maximum atomic E-state index is 5.92. The quantitative estimate of drug-likeness (QED) is 0.848. The van der Waals surface area contributed by atoms with Crippen molar-refractivity contribution in [3.8, 4) is 5.75 Å². The molecule has 2 rings (SSSR count). The highest BCUT2D eigenvalue weighted by Crippen LogP contribution is 2.21. The van der Waals surface area contributed by atoms with E-state index in [2.05, 4.69) is 0 Å². The monoisotopic (exact) mass is 267 g/mol. The molecule has 17 heavy (non-hydrogen) atoms. The number of nitrogens with two attached hydrogens (primary N) is 1. The van der Waals surface area contributed by atoms with Gasteiger partial charge in [-0.3, -0.25) is 0 Å². The fraction of sp³-hybridized carbons (Fsp3) is 0.0769. The number of anilines is 1. The molecule has 0 radical (unpaired) electrons. The zero-order valence-corrected chi connectivity index (χ0v) is 10.5. The van der Waals surface area contributed by atoms with Crippen LogP contribution in [-0.4, -0.2) is 0 Å². The first-order valence-corrected chi connectivity index (χ1v) is 5.83. The number of hydrogen-bond donors (Lipinski definition) is 1. The molecule has 0 aromatic heterocycles. The molecule has 2 N–H and O–H groups in total. The summed E-state index contributed by atoms with van der Waals surface area (Å²) in [7, 11) is 0. The van der Waals surface area contributed by atoms with Crippen LogP contribution in [0.5, 0.6) is 5.75 Å². The van der Waals surface area contributed by atoms with E-state index in [0.29, 0.717) is 22.3 Å². The number of halogens is 2. The van der Waals surface area contributed by atoms with Crippen LogP contribution in [0.4, 0.5) is 5.69 Å². The molecule has 0 atom stereocenters. The van der Waals surface area contributed by atoms with E-state index in [-0.39, 0.29) is 0 Å². The smallest absolute Gasteiger partial charge is 0.119 e. The summed E-state index contributed by atoms with van der Waals surface area (Å²) in [5, 5.41) is 1.23. The Balaban J connectivity index is 2.02. The van der Waals surface area contributed by atoms with Gasteiger partial charge in [0.15, 0.2) is 0 Å². The molecule has 0 aliphatic rings. The Morgan fingerprint density at radius 1 is 1.00 bits per heavy atom. The van der Waals surface area contributed by atoms with Gasteiger partial charge in [-0.25, -0.2) is 0 Å². The van der Waals surface area contributed by atoms with Crippen molar-refractivity contribution in [2.75, 3.05) is 5.73 Å². The van der Waals surface area contributed by atoms with Crippen molar-refractivity contribution in [1.82, 2.24) is 0 Å². The molecule has 0 fully saturated rings. The van der Waals surface area contributed by atoms with E-state index < -0.39 is 0 Å². The fourth-order valence-electron chi connectivity index (χ4n) is 1.36. The highest BCUT2D eigenvalue weighted by molar-refractivity contribution is 6.33. The SMILES string of the molecule is Nc1ccc(COc2ccc(Cl)cc2)cc1Cl. The van der Waals surface area contributed by atoms with Crippen LogP contribution in [0.25, 0.3) is 0 Å². The first-order valence-electron chi connectivity index (χ1n) is 5.07. The van der Waals surface area contributed by atoms with Crippen LogP contribution < -0.4 is 10.5 Å². The third kappa shape index (κ3) is 3.29. The van der Waals surface area contributed by atoms with Gasteiger partial charge >= 0.3 is 0 Å². The lowest BCUT2D eigenvalue weighted by Crippen LogP contribution is -1.96. The Morgan fingerprint density at radius 3 is 2.35 bits per heavy atom. The van der Waals surface area contributed by atoms with Gasteiger partial charge in [-0.2, -0.15) is 0 Å². The number of benzene rings is 2. The molecule has 0 heterocycles. The van der Waals surface area contributed by atoms with Crippen molar-refractivity contribution in [2.45, 2.75) is 6.61 Å². The van der Waals surface area contributed by atoms with Crippen LogP contribution in [-0.2, 0) is 6.61 Å². The van der Waals surface area contributed by atoms with E-state index in [4.69, 9.17) is 33.7 Å².